The van der Waals surface area contributed by atoms with Gasteiger partial charge in [-0.3, -0.25) is 0 Å². The van der Waals surface area contributed by atoms with Gasteiger partial charge in [0.15, 0.2) is 18.3 Å². The first kappa shape index (κ1) is 14.5. The van der Waals surface area contributed by atoms with E-state index in [1.54, 1.807) is 0 Å². The van der Waals surface area contributed by atoms with Gasteiger partial charge in [0.25, 0.3) is 0 Å². The van der Waals surface area contributed by atoms with Crippen LogP contribution in [0, 0.1) is 5.92 Å². The van der Waals surface area contributed by atoms with Crippen LogP contribution in [-0.2, 0) is 9.47 Å². The van der Waals surface area contributed by atoms with Crippen LogP contribution in [0.3, 0.4) is 0 Å². The molecule has 3 saturated heterocycles. The number of nitrogens with zero attached hydrogens (tertiary/aromatic N) is 1. The minimum absolute atomic E-state index is 0.250. The summed E-state index contributed by atoms with van der Waals surface area (Å²) in [5.41, 5.74) is 1.74. The summed E-state index contributed by atoms with van der Waals surface area (Å²) in [4.78, 5) is 3.70. The average Bonchev–Trinajstić information content (AvgIpc) is 2.45. The van der Waals surface area contributed by atoms with Crippen molar-refractivity contribution < 1.29 is 40.1 Å². The molecular formula is C11H17N3O8. The highest BCUT2D eigenvalue weighted by Crippen LogP contribution is 2.58. The fourth-order valence-electron chi connectivity index (χ4n) is 4.24. The third-order valence-electron chi connectivity index (χ3n) is 5.22. The summed E-state index contributed by atoms with van der Waals surface area (Å²) in [5, 5.41) is 64.3. The van der Waals surface area contributed by atoms with Gasteiger partial charge in [-0.15, -0.1) is 0 Å². The SMILES string of the molecule is NC1=N[C@H](O)[C@@H]2[C@H]3O[C@]4(O)O[C@@H]([C@@H](O)[C@@]2(N1)[C@@H]4O)[C@@]3(O)CO. The molecule has 0 aromatic rings. The average molecular weight is 319 g/mol. The number of aliphatic hydroxyl groups excluding tert-OH is 4. The van der Waals surface area contributed by atoms with Gasteiger partial charge in [0.05, 0.1) is 12.5 Å². The van der Waals surface area contributed by atoms with Crippen LogP contribution in [0.4, 0.5) is 0 Å². The van der Waals surface area contributed by atoms with Crippen LogP contribution in [0.2, 0.25) is 0 Å². The lowest BCUT2D eigenvalue weighted by Gasteiger charge is -2.71. The normalized spacial score (nSPS) is 62.4. The van der Waals surface area contributed by atoms with E-state index in [-0.39, 0.29) is 5.96 Å². The van der Waals surface area contributed by atoms with Crippen LogP contribution in [-0.4, -0.2) is 91.0 Å². The Morgan fingerprint density at radius 1 is 1.18 bits per heavy atom. The van der Waals surface area contributed by atoms with E-state index in [1.165, 1.54) is 0 Å². The monoisotopic (exact) mass is 319 g/mol. The third-order valence-corrected chi connectivity index (χ3v) is 5.22. The zero-order chi connectivity index (χ0) is 16.1. The molecule has 5 aliphatic rings. The van der Waals surface area contributed by atoms with Gasteiger partial charge in [0.1, 0.15) is 29.5 Å². The lowest BCUT2D eigenvalue weighted by atomic mass is 9.55. The Balaban J connectivity index is 1.95. The lowest BCUT2D eigenvalue weighted by molar-refractivity contribution is -0.548. The van der Waals surface area contributed by atoms with Crippen LogP contribution in [0.5, 0.6) is 0 Å². The van der Waals surface area contributed by atoms with Crippen LogP contribution in [0.15, 0.2) is 4.99 Å². The lowest BCUT2D eigenvalue weighted by Crippen LogP contribution is -2.95. The van der Waals surface area contributed by atoms with Crippen LogP contribution in [0.1, 0.15) is 0 Å². The molecule has 4 bridgehead atoms. The molecule has 0 aromatic heterocycles. The predicted molar refractivity (Wildman–Crippen MR) is 65.7 cm³/mol. The van der Waals surface area contributed by atoms with Crippen molar-refractivity contribution in [1.82, 2.24) is 5.32 Å². The Kier molecular flexibility index (Phi) is 2.57. The largest absolute Gasteiger partial charge is 0.393 e. The topological polar surface area (TPSA) is 190 Å². The van der Waals surface area contributed by atoms with E-state index in [9.17, 15) is 30.6 Å². The van der Waals surface area contributed by atoms with Gasteiger partial charge in [0.2, 0.25) is 0 Å². The Morgan fingerprint density at radius 3 is 2.45 bits per heavy atom. The van der Waals surface area contributed by atoms with Crippen LogP contribution in [0.25, 0.3) is 0 Å². The van der Waals surface area contributed by atoms with Gasteiger partial charge in [-0.1, -0.05) is 0 Å². The number of guanidine groups is 1. The van der Waals surface area contributed by atoms with Gasteiger partial charge < -0.3 is 51.2 Å². The number of hydrogen-bond acceptors (Lipinski definition) is 11. The molecule has 0 unspecified atom stereocenters. The molecule has 1 spiro atoms. The summed E-state index contributed by atoms with van der Waals surface area (Å²) in [6.45, 7) is -0.857. The Morgan fingerprint density at radius 2 is 1.82 bits per heavy atom. The maximum atomic E-state index is 10.6. The van der Waals surface area contributed by atoms with Crippen molar-refractivity contribution in [3.8, 4) is 0 Å². The zero-order valence-corrected chi connectivity index (χ0v) is 11.2. The number of aliphatic imine (C=N–C) groups is 1. The van der Waals surface area contributed by atoms with Crippen LogP contribution < -0.4 is 11.1 Å². The second kappa shape index (κ2) is 3.88. The smallest absolute Gasteiger partial charge is 0.311 e. The van der Waals surface area contributed by atoms with E-state index in [4.69, 9.17) is 15.2 Å². The zero-order valence-electron chi connectivity index (χ0n) is 11.2. The highest BCUT2D eigenvalue weighted by molar-refractivity contribution is 5.80. The molecule has 11 heteroatoms. The van der Waals surface area contributed by atoms with Crippen molar-refractivity contribution >= 4 is 5.96 Å². The third kappa shape index (κ3) is 1.28. The molecule has 0 amide bonds. The van der Waals surface area contributed by atoms with E-state index in [2.05, 4.69) is 10.3 Å². The standard InChI is InChI=1S/C11H17N3O8/c12-8-13-6(17)2-4-9(19,1-15)5-3(16)10(2,14-8)7(18)11(20,21-4)22-5/h2-7,15-20H,1H2,(H3,12,13,14)/t2-,3+,4+,5-,6+,7-,9+,10+,11-/m0/s1. The minimum Gasteiger partial charge on any atom is -0.393 e. The quantitative estimate of drug-likeness (QED) is 0.231. The molecule has 1 saturated carbocycles. The summed E-state index contributed by atoms with van der Waals surface area (Å²) in [6.07, 6.45) is -7.77. The molecule has 1 aliphatic carbocycles. The molecular weight excluding hydrogens is 302 g/mol. The first-order chi connectivity index (χ1) is 10.2. The molecule has 4 aliphatic heterocycles. The first-order valence-electron chi connectivity index (χ1n) is 6.77. The summed E-state index contributed by atoms with van der Waals surface area (Å²) < 4.78 is 10.3. The molecule has 9 N–H and O–H groups in total. The fourth-order valence-corrected chi connectivity index (χ4v) is 4.24. The van der Waals surface area contributed by atoms with Gasteiger partial charge in [-0.2, -0.15) is 0 Å². The van der Waals surface area contributed by atoms with Crippen molar-refractivity contribution in [2.75, 3.05) is 6.61 Å². The first-order valence-corrected chi connectivity index (χ1v) is 6.77. The molecule has 22 heavy (non-hydrogen) atoms. The molecule has 124 valence electrons. The van der Waals surface area contributed by atoms with Gasteiger partial charge in [-0.05, 0) is 0 Å². The van der Waals surface area contributed by atoms with E-state index < -0.39 is 60.3 Å². The summed E-state index contributed by atoms with van der Waals surface area (Å²) in [7, 11) is 0. The van der Waals surface area contributed by atoms with Crippen molar-refractivity contribution in [2.24, 2.45) is 16.6 Å². The van der Waals surface area contributed by atoms with Crippen molar-refractivity contribution in [3.63, 3.8) is 0 Å². The highest BCUT2D eigenvalue weighted by Gasteiger charge is 2.82. The maximum absolute atomic E-state index is 10.6. The molecule has 0 aromatic carbocycles. The minimum atomic E-state index is -2.52. The number of aliphatic hydroxyl groups is 6. The number of ether oxygens (including phenoxy) is 2. The van der Waals surface area contributed by atoms with Gasteiger partial charge in [-0.25, -0.2) is 4.99 Å². The van der Waals surface area contributed by atoms with Gasteiger partial charge in [0, 0.05) is 0 Å². The molecule has 0 radical (unpaired) electrons. The van der Waals surface area contributed by atoms with E-state index in [1.807, 2.05) is 0 Å². The highest BCUT2D eigenvalue weighted by atomic mass is 16.9. The maximum Gasteiger partial charge on any atom is 0.311 e. The van der Waals surface area contributed by atoms with Crippen LogP contribution >= 0.6 is 0 Å². The molecule has 9 atom stereocenters. The molecule has 4 fully saturated rings. The fraction of sp³-hybridized carbons (Fsp3) is 0.909. The Labute approximate surface area is 123 Å². The molecule has 11 nitrogen and oxygen atoms in total. The molecule has 5 rings (SSSR count). The van der Waals surface area contributed by atoms with Crippen molar-refractivity contribution in [3.05, 3.63) is 0 Å². The number of rotatable bonds is 1. The van der Waals surface area contributed by atoms with Crippen molar-refractivity contribution in [1.29, 1.82) is 0 Å². The van der Waals surface area contributed by atoms with Crippen molar-refractivity contribution in [2.45, 2.75) is 47.8 Å². The summed E-state index contributed by atoms with van der Waals surface area (Å²) in [5.74, 6) is -3.95. The van der Waals surface area contributed by atoms with Gasteiger partial charge >= 0.3 is 5.97 Å². The second-order valence-electron chi connectivity index (χ2n) is 6.22. The van der Waals surface area contributed by atoms with E-state index >= 15 is 0 Å². The summed E-state index contributed by atoms with van der Waals surface area (Å²) in [6, 6.07) is 0. The molecule has 4 heterocycles. The number of hydrogen-bond donors (Lipinski definition) is 8. The van der Waals surface area contributed by atoms with E-state index in [0.29, 0.717) is 0 Å². The summed E-state index contributed by atoms with van der Waals surface area (Å²) >= 11 is 0. The van der Waals surface area contributed by atoms with E-state index in [0.717, 1.165) is 0 Å². The Bertz CT molecular complexity index is 561. The Hall–Kier alpha value is -1.05. The second-order valence-corrected chi connectivity index (χ2v) is 6.22. The number of nitrogens with two attached hydrogens (primary N) is 1. The predicted octanol–water partition coefficient (Wildman–Crippen LogP) is -5.52. The number of nitrogens with one attached hydrogen (secondary N) is 1.